The Balaban J connectivity index is 2.23. The third kappa shape index (κ3) is 7.87. The number of nitrogens with one attached hydrogen (secondary N) is 1. The monoisotopic (exact) mass is 323 g/mol. The van der Waals surface area contributed by atoms with Crippen molar-refractivity contribution in [2.75, 3.05) is 19.6 Å². The molecule has 23 heavy (non-hydrogen) atoms. The maximum atomic E-state index is 12.0. The fourth-order valence-corrected chi connectivity index (χ4v) is 2.47. The fourth-order valence-electron chi connectivity index (χ4n) is 2.47. The van der Waals surface area contributed by atoms with Gasteiger partial charge in [0.1, 0.15) is 5.60 Å². The van der Waals surface area contributed by atoms with E-state index in [1.54, 1.807) is 11.8 Å². The molecule has 0 bridgehead atoms. The number of hydrogen-bond acceptors (Lipinski definition) is 4. The van der Waals surface area contributed by atoms with Gasteiger partial charge in [-0.1, -0.05) is 0 Å². The summed E-state index contributed by atoms with van der Waals surface area (Å²) in [4.78, 5) is 25.5. The summed E-state index contributed by atoms with van der Waals surface area (Å²) in [5, 5.41) is 11.5. The second-order valence-corrected chi connectivity index (χ2v) is 7.28. The maximum Gasteiger partial charge on any atom is 0.410 e. The molecule has 1 aliphatic rings. The van der Waals surface area contributed by atoms with Crippen LogP contribution in [0.15, 0.2) is 0 Å². The number of hydrogen-bond donors (Lipinski definition) is 1. The lowest BCUT2D eigenvalue weighted by molar-refractivity contribution is -0.121. The van der Waals surface area contributed by atoms with Crippen molar-refractivity contribution >= 4 is 12.0 Å². The lowest BCUT2D eigenvalue weighted by Crippen LogP contribution is -2.41. The predicted octanol–water partition coefficient (Wildman–Crippen LogP) is 2.69. The molecule has 0 aromatic carbocycles. The number of piperidine rings is 1. The highest BCUT2D eigenvalue weighted by atomic mass is 16.6. The first-order valence-corrected chi connectivity index (χ1v) is 8.35. The van der Waals surface area contributed by atoms with Crippen LogP contribution < -0.4 is 5.32 Å². The molecule has 6 heteroatoms. The molecule has 1 aliphatic heterocycles. The van der Waals surface area contributed by atoms with Gasteiger partial charge < -0.3 is 15.0 Å². The average molecular weight is 323 g/mol. The van der Waals surface area contributed by atoms with Crippen molar-refractivity contribution in [3.63, 3.8) is 0 Å². The van der Waals surface area contributed by atoms with Crippen LogP contribution in [0, 0.1) is 23.2 Å². The molecule has 0 unspecified atom stereocenters. The first-order chi connectivity index (χ1) is 10.7. The van der Waals surface area contributed by atoms with Gasteiger partial charge >= 0.3 is 6.09 Å². The molecule has 1 N–H and O–H groups in total. The zero-order chi connectivity index (χ0) is 17.5. The van der Waals surface area contributed by atoms with Crippen molar-refractivity contribution in [1.29, 1.82) is 5.26 Å². The Morgan fingerprint density at radius 2 is 1.96 bits per heavy atom. The summed E-state index contributed by atoms with van der Waals surface area (Å²) < 4.78 is 5.37. The molecular weight excluding hydrogens is 294 g/mol. The second-order valence-electron chi connectivity index (χ2n) is 7.28. The van der Waals surface area contributed by atoms with Gasteiger partial charge in [-0.2, -0.15) is 5.26 Å². The van der Waals surface area contributed by atoms with Crippen molar-refractivity contribution in [2.45, 2.75) is 59.0 Å². The van der Waals surface area contributed by atoms with E-state index in [2.05, 4.69) is 11.4 Å². The number of ether oxygens (including phenoxy) is 1. The minimum absolute atomic E-state index is 0.00155. The van der Waals surface area contributed by atoms with Gasteiger partial charge in [-0.25, -0.2) is 4.79 Å². The van der Waals surface area contributed by atoms with Crippen LogP contribution in [0.5, 0.6) is 0 Å². The quantitative estimate of drug-likeness (QED) is 0.843. The number of likely N-dealkylation sites (tertiary alicyclic amines) is 1. The van der Waals surface area contributed by atoms with Crippen molar-refractivity contribution < 1.29 is 14.3 Å². The summed E-state index contributed by atoms with van der Waals surface area (Å²) in [6.45, 7) is 9.16. The molecule has 1 fully saturated rings. The summed E-state index contributed by atoms with van der Waals surface area (Å²) in [5.74, 6) is 0.311. The van der Waals surface area contributed by atoms with Gasteiger partial charge in [0.05, 0.1) is 12.0 Å². The lowest BCUT2D eigenvalue weighted by atomic mass is 9.92. The predicted molar refractivity (Wildman–Crippen MR) is 87.6 cm³/mol. The topological polar surface area (TPSA) is 82.4 Å². The van der Waals surface area contributed by atoms with E-state index >= 15 is 0 Å². The fraction of sp³-hybridized carbons (Fsp3) is 0.824. The zero-order valence-corrected chi connectivity index (χ0v) is 14.7. The lowest BCUT2D eigenvalue weighted by Gasteiger charge is -2.33. The van der Waals surface area contributed by atoms with Crippen LogP contribution in [-0.2, 0) is 9.53 Å². The number of carbonyl (C=O) groups excluding carboxylic acids is 2. The number of nitriles is 1. The standard InChI is InChI=1S/C17H29N3O3/c1-13(11-18)12-19-15(21)6-5-14-7-9-20(10-8-14)16(22)23-17(2,3)4/h13-14H,5-10,12H2,1-4H3,(H,19,21)/t13-/m1/s1. The molecule has 0 aromatic rings. The Morgan fingerprint density at radius 3 is 2.48 bits per heavy atom. The van der Waals surface area contributed by atoms with Crippen LogP contribution in [0.3, 0.4) is 0 Å². The Morgan fingerprint density at radius 1 is 1.35 bits per heavy atom. The zero-order valence-electron chi connectivity index (χ0n) is 14.7. The Hall–Kier alpha value is -1.77. The van der Waals surface area contributed by atoms with Gasteiger partial charge in [0.2, 0.25) is 5.91 Å². The molecule has 0 spiro atoms. The van der Waals surface area contributed by atoms with E-state index in [0.717, 1.165) is 19.3 Å². The average Bonchev–Trinajstić information content (AvgIpc) is 2.49. The van der Waals surface area contributed by atoms with Gasteiger partial charge in [-0.05, 0) is 52.9 Å². The summed E-state index contributed by atoms with van der Waals surface area (Å²) in [6.07, 6.45) is 2.87. The van der Waals surface area contributed by atoms with Gasteiger partial charge in [-0.3, -0.25) is 4.79 Å². The van der Waals surface area contributed by atoms with E-state index < -0.39 is 5.60 Å². The first-order valence-electron chi connectivity index (χ1n) is 8.35. The van der Waals surface area contributed by atoms with Crippen molar-refractivity contribution in [3.8, 4) is 6.07 Å². The molecule has 0 aromatic heterocycles. The maximum absolute atomic E-state index is 12.0. The Kier molecular flexibility index (Phi) is 7.34. The van der Waals surface area contributed by atoms with Crippen molar-refractivity contribution in [1.82, 2.24) is 10.2 Å². The van der Waals surface area contributed by atoms with E-state index in [-0.39, 0.29) is 17.9 Å². The number of nitrogens with zero attached hydrogens (tertiary/aromatic N) is 2. The number of amides is 2. The third-order valence-corrected chi connectivity index (χ3v) is 3.87. The SMILES string of the molecule is C[C@H](C#N)CNC(=O)CCC1CCN(C(=O)OC(C)(C)C)CC1. The second kappa shape index (κ2) is 8.76. The molecule has 1 atom stereocenters. The van der Waals surface area contributed by atoms with Gasteiger partial charge in [0, 0.05) is 26.1 Å². The van der Waals surface area contributed by atoms with Crippen molar-refractivity contribution in [2.24, 2.45) is 11.8 Å². The molecule has 1 rings (SSSR count). The van der Waals surface area contributed by atoms with E-state index in [0.29, 0.717) is 32.0 Å². The minimum Gasteiger partial charge on any atom is -0.444 e. The van der Waals surface area contributed by atoms with E-state index in [4.69, 9.17) is 10.00 Å². The van der Waals surface area contributed by atoms with Crippen LogP contribution >= 0.6 is 0 Å². The number of rotatable bonds is 5. The third-order valence-electron chi connectivity index (χ3n) is 3.87. The summed E-state index contributed by atoms with van der Waals surface area (Å²) >= 11 is 0. The highest BCUT2D eigenvalue weighted by molar-refractivity contribution is 5.75. The molecular formula is C17H29N3O3. The van der Waals surface area contributed by atoms with E-state index in [1.807, 2.05) is 20.8 Å². The highest BCUT2D eigenvalue weighted by Gasteiger charge is 2.26. The molecule has 2 amide bonds. The van der Waals surface area contributed by atoms with E-state index in [9.17, 15) is 9.59 Å². The van der Waals surface area contributed by atoms with Gasteiger partial charge in [-0.15, -0.1) is 0 Å². The van der Waals surface area contributed by atoms with Crippen LogP contribution in [0.1, 0.15) is 53.4 Å². The Bertz CT molecular complexity index is 443. The molecule has 0 saturated carbocycles. The molecule has 130 valence electrons. The normalized spacial score (nSPS) is 17.3. The minimum atomic E-state index is -0.466. The van der Waals surface area contributed by atoms with Gasteiger partial charge in [0.15, 0.2) is 0 Å². The molecule has 6 nitrogen and oxygen atoms in total. The van der Waals surface area contributed by atoms with Crippen LogP contribution in [-0.4, -0.2) is 42.1 Å². The van der Waals surface area contributed by atoms with Gasteiger partial charge in [0.25, 0.3) is 0 Å². The number of carbonyl (C=O) groups is 2. The molecule has 0 aliphatic carbocycles. The summed E-state index contributed by atoms with van der Waals surface area (Å²) in [6, 6.07) is 2.09. The van der Waals surface area contributed by atoms with Crippen LogP contribution in [0.2, 0.25) is 0 Å². The Labute approximate surface area is 139 Å². The summed E-state index contributed by atoms with van der Waals surface area (Å²) in [5.41, 5.74) is -0.466. The molecule has 1 saturated heterocycles. The first kappa shape index (κ1) is 19.3. The smallest absolute Gasteiger partial charge is 0.410 e. The highest BCUT2D eigenvalue weighted by Crippen LogP contribution is 2.23. The molecule has 1 heterocycles. The molecule has 0 radical (unpaired) electrons. The van der Waals surface area contributed by atoms with E-state index in [1.165, 1.54) is 0 Å². The largest absolute Gasteiger partial charge is 0.444 e. The van der Waals surface area contributed by atoms with Crippen LogP contribution in [0.25, 0.3) is 0 Å². The van der Waals surface area contributed by atoms with Crippen LogP contribution in [0.4, 0.5) is 4.79 Å². The van der Waals surface area contributed by atoms with Crippen molar-refractivity contribution in [3.05, 3.63) is 0 Å². The summed E-state index contributed by atoms with van der Waals surface area (Å²) in [7, 11) is 0.